The van der Waals surface area contributed by atoms with Gasteiger partial charge in [-0.15, -0.1) is 0 Å². The number of hydrogen-bond donors (Lipinski definition) is 0. The van der Waals surface area contributed by atoms with E-state index in [2.05, 4.69) is 0 Å². The summed E-state index contributed by atoms with van der Waals surface area (Å²) in [6.07, 6.45) is 0.593. The van der Waals surface area contributed by atoms with E-state index in [9.17, 15) is 8.42 Å². The highest BCUT2D eigenvalue weighted by atomic mass is 32.2. The third kappa shape index (κ3) is 2.76. The first-order valence-corrected chi connectivity index (χ1v) is 9.86. The van der Waals surface area contributed by atoms with Gasteiger partial charge in [0.2, 0.25) is 0 Å². The average molecular weight is 369 g/mol. The lowest BCUT2D eigenvalue weighted by atomic mass is 10.1. The molecule has 0 fully saturated rings. The monoisotopic (exact) mass is 369 g/mol. The number of ether oxygens (including phenoxy) is 2. The Morgan fingerprint density at radius 1 is 0.923 bits per heavy atom. The van der Waals surface area contributed by atoms with Crippen molar-refractivity contribution in [2.45, 2.75) is 11.3 Å². The van der Waals surface area contributed by atoms with Gasteiger partial charge in [0, 0.05) is 18.4 Å². The van der Waals surface area contributed by atoms with Gasteiger partial charge in [0.15, 0.2) is 0 Å². The van der Waals surface area contributed by atoms with Crippen LogP contribution in [-0.4, -0.2) is 28.7 Å². The fourth-order valence-corrected chi connectivity index (χ4v) is 5.02. The number of anilines is 1. The number of methoxy groups -OCH3 is 1. The Hall–Kier alpha value is -2.73. The van der Waals surface area contributed by atoms with Gasteiger partial charge in [-0.25, -0.2) is 8.42 Å². The van der Waals surface area contributed by atoms with Crippen molar-refractivity contribution in [3.63, 3.8) is 0 Å². The van der Waals surface area contributed by atoms with Crippen molar-refractivity contribution in [1.29, 1.82) is 0 Å². The Kier molecular flexibility index (Phi) is 4.20. The van der Waals surface area contributed by atoms with Crippen LogP contribution >= 0.6 is 0 Å². The first-order chi connectivity index (χ1) is 12.6. The number of nitrogens with zero attached hydrogens (tertiary/aromatic N) is 1. The second kappa shape index (κ2) is 6.53. The minimum atomic E-state index is -3.49. The molecule has 3 aromatic carbocycles. The molecule has 0 spiro atoms. The summed E-state index contributed by atoms with van der Waals surface area (Å²) in [5, 5.41) is 1.76. The first kappa shape index (κ1) is 16.7. The SMILES string of the molecule is COc1ccc(OCCCN2c3cccc4cccc(c34)S2(=O)=O)cc1. The Labute approximate surface area is 152 Å². The number of sulfonamides is 1. The molecule has 1 heterocycles. The summed E-state index contributed by atoms with van der Waals surface area (Å²) in [4.78, 5) is 0.390. The topological polar surface area (TPSA) is 55.8 Å². The maximum atomic E-state index is 12.9. The lowest BCUT2D eigenvalue weighted by molar-refractivity contribution is 0.313. The molecule has 3 aromatic rings. The maximum absolute atomic E-state index is 12.9. The molecule has 0 aliphatic carbocycles. The van der Waals surface area contributed by atoms with Gasteiger partial charge in [0.05, 0.1) is 24.3 Å². The van der Waals surface area contributed by atoms with Crippen LogP contribution in [0.25, 0.3) is 10.8 Å². The molecule has 0 amide bonds. The molecule has 0 aromatic heterocycles. The Balaban J connectivity index is 1.46. The van der Waals surface area contributed by atoms with Crippen molar-refractivity contribution in [3.8, 4) is 11.5 Å². The Bertz CT molecular complexity index is 1040. The van der Waals surface area contributed by atoms with E-state index in [-0.39, 0.29) is 0 Å². The summed E-state index contributed by atoms with van der Waals surface area (Å²) < 4.78 is 38.1. The molecule has 0 radical (unpaired) electrons. The number of benzene rings is 3. The summed E-state index contributed by atoms with van der Waals surface area (Å²) >= 11 is 0. The van der Waals surface area contributed by atoms with E-state index in [0.29, 0.717) is 24.5 Å². The van der Waals surface area contributed by atoms with Crippen molar-refractivity contribution in [2.24, 2.45) is 0 Å². The van der Waals surface area contributed by atoms with Crippen LogP contribution < -0.4 is 13.8 Å². The predicted molar refractivity (Wildman–Crippen MR) is 102 cm³/mol. The van der Waals surface area contributed by atoms with Crippen molar-refractivity contribution >= 4 is 26.5 Å². The van der Waals surface area contributed by atoms with Crippen molar-refractivity contribution in [3.05, 3.63) is 60.7 Å². The Morgan fingerprint density at radius 3 is 2.35 bits per heavy atom. The molecule has 1 aliphatic heterocycles. The molecule has 0 N–H and O–H groups in total. The fraction of sp³-hybridized carbons (Fsp3) is 0.200. The van der Waals surface area contributed by atoms with Crippen LogP contribution in [-0.2, 0) is 10.0 Å². The number of hydrogen-bond acceptors (Lipinski definition) is 4. The van der Waals surface area contributed by atoms with Crippen LogP contribution in [0, 0.1) is 0 Å². The van der Waals surface area contributed by atoms with Crippen LogP contribution in [0.4, 0.5) is 5.69 Å². The summed E-state index contributed by atoms with van der Waals surface area (Å²) in [7, 11) is -1.88. The predicted octanol–water partition coefficient (Wildman–Crippen LogP) is 3.83. The highest BCUT2D eigenvalue weighted by Gasteiger charge is 2.34. The fourth-order valence-electron chi connectivity index (χ4n) is 3.27. The molecule has 6 heteroatoms. The van der Waals surface area contributed by atoms with E-state index in [1.54, 1.807) is 19.2 Å². The van der Waals surface area contributed by atoms with Gasteiger partial charge < -0.3 is 9.47 Å². The minimum absolute atomic E-state index is 0.381. The van der Waals surface area contributed by atoms with Crippen molar-refractivity contribution in [2.75, 3.05) is 24.6 Å². The van der Waals surface area contributed by atoms with Crippen molar-refractivity contribution < 1.29 is 17.9 Å². The van der Waals surface area contributed by atoms with E-state index in [1.807, 2.05) is 48.5 Å². The first-order valence-electron chi connectivity index (χ1n) is 8.42. The van der Waals surface area contributed by atoms with Gasteiger partial charge in [-0.3, -0.25) is 4.31 Å². The smallest absolute Gasteiger partial charge is 0.265 e. The molecule has 5 nitrogen and oxygen atoms in total. The van der Waals surface area contributed by atoms with Gasteiger partial charge in [-0.2, -0.15) is 0 Å². The van der Waals surface area contributed by atoms with E-state index in [0.717, 1.165) is 28.0 Å². The zero-order chi connectivity index (χ0) is 18.1. The molecule has 0 saturated heterocycles. The van der Waals surface area contributed by atoms with Crippen LogP contribution in [0.1, 0.15) is 6.42 Å². The van der Waals surface area contributed by atoms with Crippen LogP contribution in [0.3, 0.4) is 0 Å². The van der Waals surface area contributed by atoms with Gasteiger partial charge in [0.1, 0.15) is 11.5 Å². The Morgan fingerprint density at radius 2 is 1.62 bits per heavy atom. The van der Waals surface area contributed by atoms with E-state index in [4.69, 9.17) is 9.47 Å². The normalized spacial score (nSPS) is 14.6. The lowest BCUT2D eigenvalue weighted by Crippen LogP contribution is -2.29. The van der Waals surface area contributed by atoms with Crippen LogP contribution in [0.5, 0.6) is 11.5 Å². The maximum Gasteiger partial charge on any atom is 0.265 e. The van der Waals surface area contributed by atoms with Gasteiger partial charge >= 0.3 is 0 Å². The average Bonchev–Trinajstić information content (AvgIpc) is 2.88. The molecule has 134 valence electrons. The van der Waals surface area contributed by atoms with Crippen LogP contribution in [0.15, 0.2) is 65.6 Å². The second-order valence-corrected chi connectivity index (χ2v) is 7.92. The number of rotatable bonds is 6. The highest BCUT2D eigenvalue weighted by Crippen LogP contribution is 2.41. The van der Waals surface area contributed by atoms with Crippen LogP contribution in [0.2, 0.25) is 0 Å². The molecule has 0 saturated carbocycles. The molecule has 0 bridgehead atoms. The third-order valence-electron chi connectivity index (χ3n) is 4.51. The lowest BCUT2D eigenvalue weighted by Gasteiger charge is -2.18. The molecule has 0 unspecified atom stereocenters. The highest BCUT2D eigenvalue weighted by molar-refractivity contribution is 7.93. The largest absolute Gasteiger partial charge is 0.497 e. The molecule has 1 aliphatic rings. The van der Waals surface area contributed by atoms with Gasteiger partial charge in [0.25, 0.3) is 10.0 Å². The summed E-state index contributed by atoms with van der Waals surface area (Å²) in [5.74, 6) is 1.51. The summed E-state index contributed by atoms with van der Waals surface area (Å²) in [6.45, 7) is 0.816. The third-order valence-corrected chi connectivity index (χ3v) is 6.37. The standard InChI is InChI=1S/C20H19NO4S/c1-24-16-9-11-17(12-10-16)25-14-4-13-21-18-7-2-5-15-6-3-8-19(20(15)18)26(21,22)23/h2-3,5-12H,4,13-14H2,1H3. The molecule has 26 heavy (non-hydrogen) atoms. The quantitative estimate of drug-likeness (QED) is 0.620. The minimum Gasteiger partial charge on any atom is -0.497 e. The zero-order valence-corrected chi connectivity index (χ0v) is 15.2. The van der Waals surface area contributed by atoms with Gasteiger partial charge in [-0.05, 0) is 41.8 Å². The molecular weight excluding hydrogens is 350 g/mol. The van der Waals surface area contributed by atoms with E-state index in [1.165, 1.54) is 4.31 Å². The summed E-state index contributed by atoms with van der Waals surface area (Å²) in [6, 6.07) is 18.4. The van der Waals surface area contributed by atoms with Crippen molar-refractivity contribution in [1.82, 2.24) is 0 Å². The zero-order valence-electron chi connectivity index (χ0n) is 14.4. The van der Waals surface area contributed by atoms with Gasteiger partial charge in [-0.1, -0.05) is 24.3 Å². The molecule has 0 atom stereocenters. The second-order valence-electron chi connectivity index (χ2n) is 6.09. The molecule has 4 rings (SSSR count). The summed E-state index contributed by atoms with van der Waals surface area (Å²) in [5.41, 5.74) is 0.752. The molecular formula is C20H19NO4S. The van der Waals surface area contributed by atoms with E-state index >= 15 is 0 Å². The van der Waals surface area contributed by atoms with E-state index < -0.39 is 10.0 Å².